The SMILES string of the molecule is O=C(c1ccc(F)cc1O[C@@H]1CC2CNC(C1)N2CCF)N1CC2=C3N=CC(Cl)=CN3NC2C1. The Morgan fingerprint density at radius 2 is 2.21 bits per heavy atom. The van der Waals surface area contributed by atoms with Gasteiger partial charge in [-0.05, 0) is 12.1 Å². The number of hydrazine groups is 1. The second-order valence-corrected chi connectivity index (χ2v) is 9.65. The van der Waals surface area contributed by atoms with Crippen molar-refractivity contribution in [2.24, 2.45) is 4.99 Å². The molecule has 180 valence electrons. The summed E-state index contributed by atoms with van der Waals surface area (Å²) < 4.78 is 33.3. The highest BCUT2D eigenvalue weighted by molar-refractivity contribution is 6.39. The zero-order chi connectivity index (χ0) is 23.4. The molecule has 11 heteroatoms. The number of likely N-dealkylation sites (tertiary alicyclic amines) is 1. The van der Waals surface area contributed by atoms with E-state index in [9.17, 15) is 13.6 Å². The third-order valence-electron chi connectivity index (χ3n) is 7.13. The Balaban J connectivity index is 1.19. The number of piperidine rings is 1. The molecule has 0 radical (unpaired) electrons. The predicted molar refractivity (Wildman–Crippen MR) is 122 cm³/mol. The van der Waals surface area contributed by atoms with Gasteiger partial charge in [0.1, 0.15) is 30.2 Å². The van der Waals surface area contributed by atoms with E-state index in [1.165, 1.54) is 18.2 Å². The van der Waals surface area contributed by atoms with Gasteiger partial charge in [-0.2, -0.15) is 0 Å². The Labute approximate surface area is 200 Å². The number of nitrogens with zero attached hydrogens (tertiary/aromatic N) is 4. The summed E-state index contributed by atoms with van der Waals surface area (Å²) in [5.41, 5.74) is 4.65. The third-order valence-corrected chi connectivity index (χ3v) is 7.33. The van der Waals surface area contributed by atoms with Crippen LogP contribution in [0.1, 0.15) is 23.2 Å². The van der Waals surface area contributed by atoms with Gasteiger partial charge >= 0.3 is 0 Å². The molecule has 5 aliphatic heterocycles. The molecule has 5 aliphatic rings. The highest BCUT2D eigenvalue weighted by atomic mass is 35.5. The van der Waals surface area contributed by atoms with Crippen LogP contribution in [0.3, 0.4) is 0 Å². The van der Waals surface area contributed by atoms with E-state index in [0.717, 1.165) is 17.9 Å². The number of benzene rings is 1. The van der Waals surface area contributed by atoms with Crippen molar-refractivity contribution in [3.63, 3.8) is 0 Å². The van der Waals surface area contributed by atoms with E-state index >= 15 is 0 Å². The number of halogens is 3. The van der Waals surface area contributed by atoms with E-state index in [1.54, 1.807) is 22.3 Å². The van der Waals surface area contributed by atoms with Crippen molar-refractivity contribution in [3.8, 4) is 5.75 Å². The Kier molecular flexibility index (Phi) is 5.56. The van der Waals surface area contributed by atoms with E-state index in [-0.39, 0.29) is 42.7 Å². The van der Waals surface area contributed by atoms with E-state index in [1.807, 2.05) is 0 Å². The van der Waals surface area contributed by atoms with Gasteiger partial charge < -0.3 is 15.0 Å². The monoisotopic (exact) mass is 490 g/mol. The number of hydrogen-bond acceptors (Lipinski definition) is 7. The fraction of sp³-hybridized carbons (Fsp3) is 0.478. The molecule has 0 saturated carbocycles. The first kappa shape index (κ1) is 22.0. The summed E-state index contributed by atoms with van der Waals surface area (Å²) in [6.45, 7) is 1.65. The number of carbonyl (C=O) groups excluding carboxylic acids is 1. The lowest BCUT2D eigenvalue weighted by Gasteiger charge is -2.37. The van der Waals surface area contributed by atoms with Crippen LogP contribution < -0.4 is 15.5 Å². The largest absolute Gasteiger partial charge is 0.489 e. The van der Waals surface area contributed by atoms with Gasteiger partial charge in [0, 0.05) is 69.1 Å². The van der Waals surface area contributed by atoms with Crippen LogP contribution in [-0.4, -0.2) is 84.1 Å². The highest BCUT2D eigenvalue weighted by Crippen LogP contribution is 2.34. The summed E-state index contributed by atoms with van der Waals surface area (Å²) in [7, 11) is 0. The first-order valence-electron chi connectivity index (χ1n) is 11.5. The van der Waals surface area contributed by atoms with Crippen molar-refractivity contribution in [1.82, 2.24) is 25.6 Å². The zero-order valence-electron chi connectivity index (χ0n) is 18.4. The van der Waals surface area contributed by atoms with Gasteiger partial charge in [0.05, 0.1) is 22.8 Å². The summed E-state index contributed by atoms with van der Waals surface area (Å²) >= 11 is 6.03. The fourth-order valence-electron chi connectivity index (χ4n) is 5.62. The molecule has 1 aromatic carbocycles. The Hall–Kier alpha value is -2.53. The molecule has 3 saturated heterocycles. The number of hydrogen-bond donors (Lipinski definition) is 2. The topological polar surface area (TPSA) is 72.4 Å². The quantitative estimate of drug-likeness (QED) is 0.657. The summed E-state index contributed by atoms with van der Waals surface area (Å²) in [4.78, 5) is 21.7. The Morgan fingerprint density at radius 1 is 1.32 bits per heavy atom. The molecular formula is C23H25ClF2N6O2. The maximum atomic E-state index is 14.2. The maximum absolute atomic E-state index is 14.2. The number of aliphatic imine (C=N–C) groups is 1. The first-order valence-corrected chi connectivity index (χ1v) is 11.9. The minimum Gasteiger partial charge on any atom is -0.489 e. The smallest absolute Gasteiger partial charge is 0.257 e. The van der Waals surface area contributed by atoms with Crippen LogP contribution in [-0.2, 0) is 0 Å². The molecule has 5 heterocycles. The van der Waals surface area contributed by atoms with Gasteiger partial charge in [-0.25, -0.2) is 19.2 Å². The fourth-order valence-corrected chi connectivity index (χ4v) is 5.76. The molecule has 0 aromatic heterocycles. The number of allylic oxidation sites excluding steroid dienone is 1. The second kappa shape index (κ2) is 8.60. The molecule has 34 heavy (non-hydrogen) atoms. The molecule has 8 nitrogen and oxygen atoms in total. The molecule has 0 spiro atoms. The van der Waals surface area contributed by atoms with Crippen molar-refractivity contribution in [2.45, 2.75) is 37.2 Å². The van der Waals surface area contributed by atoms with Crippen molar-refractivity contribution in [1.29, 1.82) is 0 Å². The lowest BCUT2D eigenvalue weighted by Crippen LogP contribution is -2.49. The normalized spacial score (nSPS) is 30.0. The molecule has 3 fully saturated rings. The van der Waals surface area contributed by atoms with Gasteiger partial charge in [-0.3, -0.25) is 14.7 Å². The van der Waals surface area contributed by atoms with Crippen molar-refractivity contribution in [2.75, 3.05) is 32.9 Å². The molecule has 1 aromatic rings. The van der Waals surface area contributed by atoms with Gasteiger partial charge in [0.2, 0.25) is 0 Å². The van der Waals surface area contributed by atoms with Crippen LogP contribution in [0.25, 0.3) is 0 Å². The molecule has 1 amide bonds. The third kappa shape index (κ3) is 3.78. The molecule has 3 unspecified atom stereocenters. The number of alkyl halides is 1. The van der Waals surface area contributed by atoms with Crippen molar-refractivity contribution < 1.29 is 18.3 Å². The molecule has 0 aliphatic carbocycles. The lowest BCUT2D eigenvalue weighted by atomic mass is 10.00. The van der Waals surface area contributed by atoms with Crippen molar-refractivity contribution in [3.05, 3.63) is 52.2 Å². The van der Waals surface area contributed by atoms with Crippen LogP contribution >= 0.6 is 11.6 Å². The highest BCUT2D eigenvalue weighted by Gasteiger charge is 2.43. The van der Waals surface area contributed by atoms with Gasteiger partial charge in [-0.15, -0.1) is 0 Å². The van der Waals surface area contributed by atoms with E-state index in [4.69, 9.17) is 16.3 Å². The average molecular weight is 491 g/mol. The molecule has 4 atom stereocenters. The lowest BCUT2D eigenvalue weighted by molar-refractivity contribution is 0.0427. The summed E-state index contributed by atoms with van der Waals surface area (Å²) in [6.07, 6.45) is 4.54. The first-order chi connectivity index (χ1) is 16.5. The maximum Gasteiger partial charge on any atom is 0.257 e. The van der Waals surface area contributed by atoms with E-state index < -0.39 is 5.82 Å². The summed E-state index contributed by atoms with van der Waals surface area (Å²) in [6, 6.07) is 4.18. The van der Waals surface area contributed by atoms with E-state index in [0.29, 0.717) is 43.1 Å². The van der Waals surface area contributed by atoms with Gasteiger partial charge in [-0.1, -0.05) is 11.6 Å². The van der Waals surface area contributed by atoms with Crippen LogP contribution in [0, 0.1) is 5.82 Å². The molecule has 2 bridgehead atoms. The number of nitrogens with one attached hydrogen (secondary N) is 2. The zero-order valence-corrected chi connectivity index (χ0v) is 19.1. The molecular weight excluding hydrogens is 466 g/mol. The average Bonchev–Trinajstić information content (AvgIpc) is 3.42. The molecule has 2 N–H and O–H groups in total. The number of amides is 1. The van der Waals surface area contributed by atoms with Crippen LogP contribution in [0.4, 0.5) is 8.78 Å². The molecule has 6 rings (SSSR count). The standard InChI is InChI=1S/C23H25ClF2N6O2/c24-13-8-28-22-18-11-30(12-19(18)29-32(22)10-13)23(33)17-2-1-14(26)5-20(17)34-16-6-15-9-27-21(7-16)31(15)4-3-25/h1-2,5,8,10,15-16,19,21,27,29H,3-4,6-7,9,11-12H2/t15?,16-,19?,21?/m1/s1. The minimum atomic E-state index is -0.455. The number of rotatable bonds is 5. The minimum absolute atomic E-state index is 0.0335. The van der Waals surface area contributed by atoms with Crippen LogP contribution in [0.2, 0.25) is 0 Å². The van der Waals surface area contributed by atoms with Crippen molar-refractivity contribution >= 4 is 23.7 Å². The Bertz CT molecular complexity index is 1100. The number of fused-ring (bicyclic) bond motifs is 4. The van der Waals surface area contributed by atoms with Gasteiger partial charge in [0.25, 0.3) is 5.91 Å². The Morgan fingerprint density at radius 3 is 3.03 bits per heavy atom. The van der Waals surface area contributed by atoms with Gasteiger partial charge in [0.15, 0.2) is 0 Å². The summed E-state index contributed by atoms with van der Waals surface area (Å²) in [5, 5.41) is 5.71. The van der Waals surface area contributed by atoms with Crippen LogP contribution in [0.15, 0.2) is 45.8 Å². The number of ether oxygens (including phenoxy) is 1. The predicted octanol–water partition coefficient (Wildman–Crippen LogP) is 1.96. The van der Waals surface area contributed by atoms with E-state index in [2.05, 4.69) is 20.6 Å². The second-order valence-electron chi connectivity index (χ2n) is 9.21. The van der Waals surface area contributed by atoms with Crippen LogP contribution in [0.5, 0.6) is 5.75 Å². The summed E-state index contributed by atoms with van der Waals surface area (Å²) in [5.74, 6) is 0.338. The number of carbonyl (C=O) groups is 1.